The molecule has 0 amide bonds. The Morgan fingerprint density at radius 2 is 1.81 bits per heavy atom. The van der Waals surface area contributed by atoms with E-state index in [1.807, 2.05) is 45.2 Å². The van der Waals surface area contributed by atoms with E-state index in [0.29, 0.717) is 12.0 Å². The molecule has 1 aliphatic rings. The van der Waals surface area contributed by atoms with Crippen molar-refractivity contribution in [2.24, 2.45) is 0 Å². The second kappa shape index (κ2) is 13.4. The Kier molecular flexibility index (Phi) is 11.3. The fraction of sp³-hybridized carbons (Fsp3) is 0.333. The van der Waals surface area contributed by atoms with Crippen molar-refractivity contribution in [3.8, 4) is 0 Å². The highest BCUT2D eigenvalue weighted by molar-refractivity contribution is 6.00. The van der Waals surface area contributed by atoms with Crippen molar-refractivity contribution in [1.29, 1.82) is 0 Å². The number of ketones is 1. The van der Waals surface area contributed by atoms with Gasteiger partial charge >= 0.3 is 0 Å². The van der Waals surface area contributed by atoms with Crippen LogP contribution in [0.2, 0.25) is 0 Å². The Morgan fingerprint density at radius 3 is 2.38 bits per heavy atom. The van der Waals surface area contributed by atoms with Gasteiger partial charge in [0.1, 0.15) is 23.4 Å². The van der Waals surface area contributed by atoms with Crippen LogP contribution in [0.1, 0.15) is 62.2 Å². The Balaban J connectivity index is 0.000000278. The summed E-state index contributed by atoms with van der Waals surface area (Å²) in [5, 5.41) is 4.41. The van der Waals surface area contributed by atoms with Crippen LogP contribution in [-0.4, -0.2) is 19.1 Å². The SMILES string of the molecule is C=CC(CC)(NC)c1cc2ccccc2o1.CC.CC=O.O=C1CCc2ccc(F)cc21. The summed E-state index contributed by atoms with van der Waals surface area (Å²) in [5.41, 5.74) is 2.22. The number of Topliss-reactive ketones (excluding diaryl/α,β-unsaturated/α-hetero) is 1. The van der Waals surface area contributed by atoms with Gasteiger partial charge in [-0.2, -0.15) is 0 Å². The first-order chi connectivity index (χ1) is 15.4. The van der Waals surface area contributed by atoms with E-state index in [1.54, 1.807) is 6.07 Å². The summed E-state index contributed by atoms with van der Waals surface area (Å²) >= 11 is 0. The number of fused-ring (bicyclic) bond motifs is 2. The van der Waals surface area contributed by atoms with Gasteiger partial charge in [0.05, 0.1) is 5.54 Å². The minimum atomic E-state index is -0.320. The molecule has 3 aromatic rings. The summed E-state index contributed by atoms with van der Waals surface area (Å²) in [7, 11) is 1.93. The molecule has 0 radical (unpaired) electrons. The van der Waals surface area contributed by atoms with Crippen LogP contribution in [0.3, 0.4) is 0 Å². The van der Waals surface area contributed by atoms with Crippen LogP contribution in [-0.2, 0) is 16.8 Å². The van der Waals surface area contributed by atoms with Gasteiger partial charge in [-0.05, 0) is 56.6 Å². The molecular weight excluding hydrogens is 405 g/mol. The maximum absolute atomic E-state index is 12.6. The predicted molar refractivity (Wildman–Crippen MR) is 130 cm³/mol. The lowest BCUT2D eigenvalue weighted by atomic mass is 9.93. The smallest absolute Gasteiger partial charge is 0.163 e. The van der Waals surface area contributed by atoms with E-state index in [1.165, 1.54) is 19.1 Å². The highest BCUT2D eigenvalue weighted by atomic mass is 19.1. The largest absolute Gasteiger partial charge is 0.459 e. The number of aldehydes is 1. The number of rotatable bonds is 4. The summed E-state index contributed by atoms with van der Waals surface area (Å²) in [6, 6.07) is 14.5. The van der Waals surface area contributed by atoms with Crippen LogP contribution in [0.4, 0.5) is 4.39 Å². The van der Waals surface area contributed by atoms with Crippen molar-refractivity contribution in [1.82, 2.24) is 5.32 Å². The molecule has 1 aromatic heterocycles. The molecule has 172 valence electrons. The van der Waals surface area contributed by atoms with Crippen molar-refractivity contribution < 1.29 is 18.4 Å². The van der Waals surface area contributed by atoms with Crippen LogP contribution in [0.25, 0.3) is 11.0 Å². The number of para-hydroxylation sites is 1. The van der Waals surface area contributed by atoms with Gasteiger partial charge in [-0.15, -0.1) is 6.58 Å². The highest BCUT2D eigenvalue weighted by Crippen LogP contribution is 2.31. The third-order valence-corrected chi connectivity index (χ3v) is 5.21. The summed E-state index contributed by atoms with van der Waals surface area (Å²) in [6.45, 7) is 11.5. The average molecular weight is 440 g/mol. The third kappa shape index (κ3) is 6.47. The molecular formula is C27H34FNO3. The number of carbonyl (C=O) groups excluding carboxylic acids is 2. The molecule has 2 aromatic carbocycles. The van der Waals surface area contributed by atoms with Crippen LogP contribution < -0.4 is 5.32 Å². The fourth-order valence-corrected chi connectivity index (χ4v) is 3.43. The zero-order valence-corrected chi connectivity index (χ0v) is 19.7. The topological polar surface area (TPSA) is 59.3 Å². The lowest BCUT2D eigenvalue weighted by Crippen LogP contribution is -2.36. The van der Waals surface area contributed by atoms with E-state index in [4.69, 9.17) is 9.21 Å². The molecule has 1 heterocycles. The molecule has 1 N–H and O–H groups in total. The molecule has 1 atom stereocenters. The van der Waals surface area contributed by atoms with E-state index < -0.39 is 0 Å². The monoisotopic (exact) mass is 439 g/mol. The maximum atomic E-state index is 12.6. The molecule has 0 fully saturated rings. The van der Waals surface area contributed by atoms with E-state index in [-0.39, 0.29) is 17.1 Å². The molecule has 1 unspecified atom stereocenters. The molecule has 1 aliphatic carbocycles. The number of benzene rings is 2. The number of halogens is 1. The fourth-order valence-electron chi connectivity index (χ4n) is 3.43. The van der Waals surface area contributed by atoms with E-state index in [2.05, 4.69) is 31.0 Å². The van der Waals surface area contributed by atoms with Gasteiger partial charge in [0, 0.05) is 17.4 Å². The predicted octanol–water partition coefficient (Wildman–Crippen LogP) is 6.63. The van der Waals surface area contributed by atoms with Gasteiger partial charge in [-0.3, -0.25) is 4.79 Å². The number of carbonyl (C=O) groups is 2. The molecule has 0 saturated heterocycles. The summed E-state index contributed by atoms with van der Waals surface area (Å²) in [5.74, 6) is 0.673. The average Bonchev–Trinajstić information content (AvgIpc) is 3.42. The van der Waals surface area contributed by atoms with Crippen LogP contribution >= 0.6 is 0 Å². The standard InChI is InChI=1S/C14H17NO.C9H7FO.C2H4O.C2H6/c1-4-14(5-2,15-3)13-10-11-8-6-7-9-12(11)16-13;10-7-3-1-6-2-4-9(11)8(6)5-7;1-2-3;1-2/h4,6-10,15H,1,5H2,2-3H3;1,3,5H,2,4H2;2H,1H3;1-2H3. The number of hydrogen-bond donors (Lipinski definition) is 1. The zero-order valence-electron chi connectivity index (χ0n) is 19.7. The first kappa shape index (κ1) is 27.0. The van der Waals surface area contributed by atoms with Crippen LogP contribution in [0.5, 0.6) is 0 Å². The van der Waals surface area contributed by atoms with Gasteiger partial charge in [0.25, 0.3) is 0 Å². The number of likely N-dealkylation sites (N-methyl/N-ethyl adjacent to an activating group) is 1. The third-order valence-electron chi connectivity index (χ3n) is 5.21. The number of hydrogen-bond acceptors (Lipinski definition) is 4. The summed E-state index contributed by atoms with van der Waals surface area (Å²) < 4.78 is 18.5. The summed E-state index contributed by atoms with van der Waals surface area (Å²) in [4.78, 5) is 19.9. The van der Waals surface area contributed by atoms with Gasteiger partial charge in [0.2, 0.25) is 0 Å². The highest BCUT2D eigenvalue weighted by Gasteiger charge is 2.28. The number of aryl methyl sites for hydroxylation is 1. The molecule has 5 heteroatoms. The molecule has 32 heavy (non-hydrogen) atoms. The normalized spacial score (nSPS) is 13.2. The molecule has 0 bridgehead atoms. The second-order valence-corrected chi connectivity index (χ2v) is 6.89. The number of nitrogens with one attached hydrogen (secondary N) is 1. The summed E-state index contributed by atoms with van der Waals surface area (Å²) in [6.07, 6.45) is 4.88. The lowest BCUT2D eigenvalue weighted by molar-refractivity contribution is -0.106. The van der Waals surface area contributed by atoms with E-state index in [9.17, 15) is 9.18 Å². The van der Waals surface area contributed by atoms with Crippen LogP contribution in [0.15, 0.2) is 65.6 Å². The Bertz CT molecular complexity index is 986. The maximum Gasteiger partial charge on any atom is 0.163 e. The van der Waals surface area contributed by atoms with Crippen molar-refractivity contribution in [3.05, 3.63) is 83.9 Å². The second-order valence-electron chi connectivity index (χ2n) is 6.89. The van der Waals surface area contributed by atoms with Crippen molar-refractivity contribution in [2.45, 2.75) is 52.5 Å². The Labute approximate surface area is 190 Å². The van der Waals surface area contributed by atoms with Gasteiger partial charge in [0.15, 0.2) is 5.78 Å². The van der Waals surface area contributed by atoms with Crippen LogP contribution in [0, 0.1) is 5.82 Å². The molecule has 4 rings (SSSR count). The Hall–Kier alpha value is -3.05. The Morgan fingerprint density at radius 1 is 1.16 bits per heavy atom. The lowest BCUT2D eigenvalue weighted by Gasteiger charge is -2.26. The molecule has 0 spiro atoms. The van der Waals surface area contributed by atoms with Gasteiger partial charge in [-0.1, -0.05) is 51.1 Å². The van der Waals surface area contributed by atoms with Crippen molar-refractivity contribution >= 4 is 23.0 Å². The van der Waals surface area contributed by atoms with Gasteiger partial charge in [-0.25, -0.2) is 4.39 Å². The molecule has 4 nitrogen and oxygen atoms in total. The minimum Gasteiger partial charge on any atom is -0.459 e. The number of furan rings is 1. The first-order valence-corrected chi connectivity index (χ1v) is 11.0. The zero-order chi connectivity index (χ0) is 24.1. The van der Waals surface area contributed by atoms with Crippen molar-refractivity contribution in [2.75, 3.05) is 7.05 Å². The van der Waals surface area contributed by atoms with Crippen molar-refractivity contribution in [3.63, 3.8) is 0 Å². The molecule has 0 aliphatic heterocycles. The minimum absolute atomic E-state index is 0.0690. The van der Waals surface area contributed by atoms with Gasteiger partial charge < -0.3 is 14.5 Å². The quantitative estimate of drug-likeness (QED) is 0.366. The molecule has 0 saturated carbocycles. The van der Waals surface area contributed by atoms with E-state index >= 15 is 0 Å². The van der Waals surface area contributed by atoms with E-state index in [0.717, 1.165) is 41.4 Å². The first-order valence-electron chi connectivity index (χ1n) is 11.0.